The lowest BCUT2D eigenvalue weighted by Crippen LogP contribution is -2.37. The molecule has 0 atom stereocenters. The molecule has 1 heterocycles. The molecule has 0 aromatic carbocycles. The summed E-state index contributed by atoms with van der Waals surface area (Å²) in [7, 11) is 2.00. The van der Waals surface area contributed by atoms with E-state index in [0.717, 1.165) is 17.6 Å². The van der Waals surface area contributed by atoms with Crippen LogP contribution in [0.4, 0.5) is 0 Å². The monoisotopic (exact) mass is 275 g/mol. The summed E-state index contributed by atoms with van der Waals surface area (Å²) in [5.41, 5.74) is -0.639. The third-order valence-electron chi connectivity index (χ3n) is 1.97. The summed E-state index contributed by atoms with van der Waals surface area (Å²) in [6, 6.07) is 0. The van der Waals surface area contributed by atoms with E-state index in [9.17, 15) is 5.11 Å². The lowest BCUT2D eigenvalue weighted by Gasteiger charge is -2.25. The first-order valence-corrected chi connectivity index (χ1v) is 5.75. The molecule has 0 unspecified atom stereocenters. The van der Waals surface area contributed by atoms with Crippen molar-refractivity contribution < 1.29 is 5.11 Å². The molecule has 0 aliphatic rings. The van der Waals surface area contributed by atoms with Gasteiger partial charge in [-0.15, -0.1) is 0 Å². The number of hydrogen-bond donors (Lipinski definition) is 1. The molecule has 0 aliphatic heterocycles. The molecule has 0 fully saturated rings. The Morgan fingerprint density at radius 3 is 2.73 bits per heavy atom. The molecule has 1 aromatic heterocycles. The summed E-state index contributed by atoms with van der Waals surface area (Å²) in [5, 5.41) is 13.8. The van der Waals surface area contributed by atoms with Crippen LogP contribution in [-0.4, -0.2) is 45.5 Å². The Morgan fingerprint density at radius 1 is 1.60 bits per heavy atom. The first kappa shape index (κ1) is 12.7. The van der Waals surface area contributed by atoms with Crippen molar-refractivity contribution in [2.75, 3.05) is 20.1 Å². The minimum absolute atomic E-state index is 0.639. The number of hydrogen-bond acceptors (Lipinski definition) is 3. The second kappa shape index (κ2) is 5.09. The quantitative estimate of drug-likeness (QED) is 0.882. The van der Waals surface area contributed by atoms with Crippen molar-refractivity contribution in [2.24, 2.45) is 0 Å². The first-order valence-electron chi connectivity index (χ1n) is 4.96. The van der Waals surface area contributed by atoms with Crippen LogP contribution in [-0.2, 0) is 6.54 Å². The SMILES string of the molecule is CN(CCn1cc(Br)cn1)CC(C)(C)O. The van der Waals surface area contributed by atoms with E-state index in [0.29, 0.717) is 6.54 Å². The van der Waals surface area contributed by atoms with E-state index in [1.165, 1.54) is 0 Å². The molecule has 0 saturated heterocycles. The van der Waals surface area contributed by atoms with Crippen LogP contribution >= 0.6 is 15.9 Å². The van der Waals surface area contributed by atoms with Gasteiger partial charge in [0, 0.05) is 19.3 Å². The van der Waals surface area contributed by atoms with E-state index < -0.39 is 5.60 Å². The highest BCUT2D eigenvalue weighted by Crippen LogP contribution is 2.07. The lowest BCUT2D eigenvalue weighted by molar-refractivity contribution is 0.0435. The van der Waals surface area contributed by atoms with Crippen LogP contribution in [0.25, 0.3) is 0 Å². The molecule has 0 radical (unpaired) electrons. The Bertz CT molecular complexity index is 306. The Labute approximate surface area is 99.0 Å². The molecule has 5 heteroatoms. The fourth-order valence-electron chi connectivity index (χ4n) is 1.47. The lowest BCUT2D eigenvalue weighted by atomic mass is 10.1. The molecule has 0 spiro atoms. The maximum Gasteiger partial charge on any atom is 0.0718 e. The van der Waals surface area contributed by atoms with Crippen molar-refractivity contribution in [3.05, 3.63) is 16.9 Å². The van der Waals surface area contributed by atoms with Crippen LogP contribution in [0.2, 0.25) is 0 Å². The van der Waals surface area contributed by atoms with Crippen LogP contribution in [0.3, 0.4) is 0 Å². The Balaban J connectivity index is 2.31. The normalized spacial score (nSPS) is 12.4. The highest BCUT2D eigenvalue weighted by Gasteiger charge is 2.15. The standard InChI is InChI=1S/C10H18BrN3O/c1-10(2,15)8-13(3)4-5-14-7-9(11)6-12-14/h6-7,15H,4-5,8H2,1-3H3. The van der Waals surface area contributed by atoms with Crippen molar-refractivity contribution in [3.8, 4) is 0 Å². The largest absolute Gasteiger partial charge is 0.389 e. The van der Waals surface area contributed by atoms with Crippen LogP contribution in [0.5, 0.6) is 0 Å². The van der Waals surface area contributed by atoms with Crippen LogP contribution < -0.4 is 0 Å². The second-order valence-corrected chi connectivity index (χ2v) is 5.39. The Hall–Kier alpha value is -0.390. The summed E-state index contributed by atoms with van der Waals surface area (Å²) >= 11 is 3.35. The zero-order valence-corrected chi connectivity index (χ0v) is 11.0. The molecule has 0 aliphatic carbocycles. The van der Waals surface area contributed by atoms with Crippen LogP contribution in [0, 0.1) is 0 Å². The molecular weight excluding hydrogens is 258 g/mol. The summed E-state index contributed by atoms with van der Waals surface area (Å²) in [6.45, 7) is 5.99. The predicted molar refractivity (Wildman–Crippen MR) is 63.7 cm³/mol. The van der Waals surface area contributed by atoms with Gasteiger partial charge in [0.1, 0.15) is 0 Å². The summed E-state index contributed by atoms with van der Waals surface area (Å²) in [4.78, 5) is 2.09. The van der Waals surface area contributed by atoms with Gasteiger partial charge in [0.05, 0.1) is 22.8 Å². The molecule has 0 bridgehead atoms. The molecular formula is C10H18BrN3O. The van der Waals surface area contributed by atoms with Gasteiger partial charge < -0.3 is 10.0 Å². The zero-order valence-electron chi connectivity index (χ0n) is 9.44. The second-order valence-electron chi connectivity index (χ2n) is 4.47. The van der Waals surface area contributed by atoms with Gasteiger partial charge in [-0.25, -0.2) is 0 Å². The van der Waals surface area contributed by atoms with Gasteiger partial charge in [0.15, 0.2) is 0 Å². The smallest absolute Gasteiger partial charge is 0.0718 e. The number of aliphatic hydroxyl groups is 1. The summed E-state index contributed by atoms with van der Waals surface area (Å²) in [5.74, 6) is 0. The van der Waals surface area contributed by atoms with E-state index in [1.807, 2.05) is 31.8 Å². The van der Waals surface area contributed by atoms with E-state index in [-0.39, 0.29) is 0 Å². The first-order chi connectivity index (χ1) is 6.87. The summed E-state index contributed by atoms with van der Waals surface area (Å²) in [6.07, 6.45) is 3.72. The fraction of sp³-hybridized carbons (Fsp3) is 0.700. The van der Waals surface area contributed by atoms with Gasteiger partial charge in [-0.2, -0.15) is 5.10 Å². The van der Waals surface area contributed by atoms with Gasteiger partial charge >= 0.3 is 0 Å². The highest BCUT2D eigenvalue weighted by atomic mass is 79.9. The number of aromatic nitrogens is 2. The zero-order chi connectivity index (χ0) is 11.5. The average molecular weight is 276 g/mol. The molecule has 1 N–H and O–H groups in total. The van der Waals surface area contributed by atoms with Crippen LogP contribution in [0.15, 0.2) is 16.9 Å². The van der Waals surface area contributed by atoms with Gasteiger partial charge in [0.2, 0.25) is 0 Å². The van der Waals surface area contributed by atoms with E-state index in [4.69, 9.17) is 0 Å². The molecule has 0 saturated carbocycles. The van der Waals surface area contributed by atoms with E-state index in [2.05, 4.69) is 25.9 Å². The number of halogens is 1. The van der Waals surface area contributed by atoms with Gasteiger partial charge in [0.25, 0.3) is 0 Å². The van der Waals surface area contributed by atoms with Gasteiger partial charge in [-0.1, -0.05) is 0 Å². The van der Waals surface area contributed by atoms with Crippen molar-refractivity contribution in [1.29, 1.82) is 0 Å². The summed E-state index contributed by atoms with van der Waals surface area (Å²) < 4.78 is 2.87. The van der Waals surface area contributed by atoms with Crippen molar-refractivity contribution in [1.82, 2.24) is 14.7 Å². The Morgan fingerprint density at radius 2 is 2.27 bits per heavy atom. The van der Waals surface area contributed by atoms with Crippen molar-refractivity contribution in [3.63, 3.8) is 0 Å². The maximum atomic E-state index is 9.62. The average Bonchev–Trinajstić information content (AvgIpc) is 2.45. The highest BCUT2D eigenvalue weighted by molar-refractivity contribution is 9.10. The van der Waals surface area contributed by atoms with Crippen molar-refractivity contribution in [2.45, 2.75) is 26.0 Å². The van der Waals surface area contributed by atoms with E-state index >= 15 is 0 Å². The third kappa shape index (κ3) is 5.30. The third-order valence-corrected chi connectivity index (χ3v) is 2.38. The number of rotatable bonds is 5. The molecule has 1 rings (SSSR count). The molecule has 0 amide bonds. The minimum atomic E-state index is -0.639. The molecule has 15 heavy (non-hydrogen) atoms. The minimum Gasteiger partial charge on any atom is -0.389 e. The maximum absolute atomic E-state index is 9.62. The molecule has 86 valence electrons. The predicted octanol–water partition coefficient (Wildman–Crippen LogP) is 1.35. The van der Waals surface area contributed by atoms with Gasteiger partial charge in [-0.3, -0.25) is 4.68 Å². The topological polar surface area (TPSA) is 41.3 Å². The van der Waals surface area contributed by atoms with Crippen molar-refractivity contribution >= 4 is 15.9 Å². The Kier molecular flexibility index (Phi) is 4.31. The van der Waals surface area contributed by atoms with E-state index in [1.54, 1.807) is 6.20 Å². The van der Waals surface area contributed by atoms with Gasteiger partial charge in [-0.05, 0) is 36.8 Å². The number of nitrogens with zero attached hydrogens (tertiary/aromatic N) is 3. The number of likely N-dealkylation sites (N-methyl/N-ethyl adjacent to an activating group) is 1. The molecule has 1 aromatic rings. The van der Waals surface area contributed by atoms with Crippen LogP contribution in [0.1, 0.15) is 13.8 Å². The molecule has 4 nitrogen and oxygen atoms in total. The fourth-order valence-corrected chi connectivity index (χ4v) is 1.80.